The quantitative estimate of drug-likeness (QED) is 0.660. The topological polar surface area (TPSA) is 103 Å². The molecule has 1 atom stereocenters. The number of benzene rings is 1. The number of anilines is 1. The summed E-state index contributed by atoms with van der Waals surface area (Å²) >= 11 is 0. The molecule has 3 heterocycles. The number of ether oxygens (including phenoxy) is 2. The second-order valence-corrected chi connectivity index (χ2v) is 6.04. The molecule has 9 nitrogen and oxygen atoms in total. The average molecular weight is 390 g/mol. The Bertz CT molecular complexity index is 1030. The molecule has 1 fully saturated rings. The Morgan fingerprint density at radius 3 is 2.93 bits per heavy atom. The van der Waals surface area contributed by atoms with Gasteiger partial charge in [0.2, 0.25) is 11.9 Å². The summed E-state index contributed by atoms with van der Waals surface area (Å²) in [6.07, 6.45) is 3.64. The van der Waals surface area contributed by atoms with Crippen LogP contribution in [0.3, 0.4) is 0 Å². The van der Waals surface area contributed by atoms with E-state index in [0.717, 1.165) is 0 Å². The SMILES string of the molecule is COc1ccc(-c2nnc(NC3CCNC3=O)n3cncc23)c(OC(F)F)c1. The van der Waals surface area contributed by atoms with Crippen LogP contribution in [0.4, 0.5) is 14.7 Å². The van der Waals surface area contributed by atoms with Crippen molar-refractivity contribution in [2.75, 3.05) is 19.0 Å². The second-order valence-electron chi connectivity index (χ2n) is 6.04. The Morgan fingerprint density at radius 2 is 2.21 bits per heavy atom. The summed E-state index contributed by atoms with van der Waals surface area (Å²) < 4.78 is 37.1. The van der Waals surface area contributed by atoms with Gasteiger partial charge >= 0.3 is 6.61 Å². The average Bonchev–Trinajstić information content (AvgIpc) is 3.31. The molecule has 0 aliphatic carbocycles. The van der Waals surface area contributed by atoms with Crippen LogP contribution in [-0.2, 0) is 4.79 Å². The molecule has 1 unspecified atom stereocenters. The molecule has 11 heteroatoms. The minimum absolute atomic E-state index is 0.0948. The number of alkyl halides is 2. The van der Waals surface area contributed by atoms with Crippen LogP contribution in [0.25, 0.3) is 16.8 Å². The molecular weight excluding hydrogens is 374 g/mol. The van der Waals surface area contributed by atoms with Gasteiger partial charge in [0.15, 0.2) is 0 Å². The van der Waals surface area contributed by atoms with E-state index in [2.05, 4.69) is 30.6 Å². The van der Waals surface area contributed by atoms with Crippen molar-refractivity contribution in [2.24, 2.45) is 0 Å². The fraction of sp³-hybridized carbons (Fsp3) is 0.294. The maximum absolute atomic E-state index is 12.9. The van der Waals surface area contributed by atoms with Crippen molar-refractivity contribution in [1.29, 1.82) is 0 Å². The maximum atomic E-state index is 12.9. The molecule has 1 aliphatic rings. The van der Waals surface area contributed by atoms with Gasteiger partial charge in [-0.05, 0) is 18.6 Å². The Balaban J connectivity index is 1.77. The smallest absolute Gasteiger partial charge is 0.387 e. The number of nitrogens with one attached hydrogen (secondary N) is 2. The number of hydrogen-bond acceptors (Lipinski definition) is 7. The zero-order valence-electron chi connectivity index (χ0n) is 14.7. The van der Waals surface area contributed by atoms with Crippen molar-refractivity contribution < 1.29 is 23.0 Å². The number of halogens is 2. The first-order valence-corrected chi connectivity index (χ1v) is 8.43. The zero-order valence-corrected chi connectivity index (χ0v) is 14.7. The maximum Gasteiger partial charge on any atom is 0.387 e. The molecule has 3 aromatic rings. The first-order chi connectivity index (χ1) is 13.6. The third kappa shape index (κ3) is 3.26. The lowest BCUT2D eigenvalue weighted by atomic mass is 10.1. The van der Waals surface area contributed by atoms with Gasteiger partial charge in [0.1, 0.15) is 29.6 Å². The van der Waals surface area contributed by atoms with Gasteiger partial charge < -0.3 is 20.1 Å². The third-order valence-electron chi connectivity index (χ3n) is 4.37. The van der Waals surface area contributed by atoms with E-state index in [1.807, 2.05) is 0 Å². The largest absolute Gasteiger partial charge is 0.497 e. The number of nitrogens with zero attached hydrogens (tertiary/aromatic N) is 4. The second kappa shape index (κ2) is 7.25. The van der Waals surface area contributed by atoms with E-state index < -0.39 is 12.7 Å². The lowest BCUT2D eigenvalue weighted by Gasteiger charge is -2.15. The van der Waals surface area contributed by atoms with Crippen molar-refractivity contribution in [3.8, 4) is 22.8 Å². The predicted octanol–water partition coefficient (Wildman–Crippen LogP) is 1.70. The monoisotopic (exact) mass is 390 g/mol. The third-order valence-corrected chi connectivity index (χ3v) is 4.37. The highest BCUT2D eigenvalue weighted by Crippen LogP contribution is 2.35. The van der Waals surface area contributed by atoms with Gasteiger partial charge in [-0.1, -0.05) is 0 Å². The number of methoxy groups -OCH3 is 1. The van der Waals surface area contributed by atoms with Crippen molar-refractivity contribution >= 4 is 17.4 Å². The van der Waals surface area contributed by atoms with Crippen LogP contribution in [0.15, 0.2) is 30.7 Å². The summed E-state index contributed by atoms with van der Waals surface area (Å²) in [5.41, 5.74) is 1.13. The normalized spacial score (nSPS) is 16.4. The van der Waals surface area contributed by atoms with Gasteiger partial charge in [0.25, 0.3) is 0 Å². The molecule has 1 amide bonds. The Morgan fingerprint density at radius 1 is 1.36 bits per heavy atom. The summed E-state index contributed by atoms with van der Waals surface area (Å²) in [4.78, 5) is 15.9. The minimum Gasteiger partial charge on any atom is -0.497 e. The fourth-order valence-corrected chi connectivity index (χ4v) is 3.03. The van der Waals surface area contributed by atoms with E-state index in [9.17, 15) is 13.6 Å². The van der Waals surface area contributed by atoms with Gasteiger partial charge in [-0.25, -0.2) is 4.98 Å². The van der Waals surface area contributed by atoms with Crippen LogP contribution in [0, 0.1) is 0 Å². The number of aromatic nitrogens is 4. The van der Waals surface area contributed by atoms with Crippen LogP contribution < -0.4 is 20.1 Å². The number of imidazole rings is 1. The fourth-order valence-electron chi connectivity index (χ4n) is 3.03. The van der Waals surface area contributed by atoms with E-state index in [1.165, 1.54) is 25.7 Å². The standard InChI is InChI=1S/C17H16F2N6O3/c1-27-9-2-3-10(13(6-9)28-16(18)19)14-12-7-20-8-25(12)17(24-23-14)22-11-4-5-21-15(11)26/h2-3,6-8,11,16H,4-5H2,1H3,(H,21,26)(H,22,24). The lowest BCUT2D eigenvalue weighted by molar-refractivity contribution is -0.119. The first kappa shape index (κ1) is 17.9. The molecule has 0 saturated carbocycles. The first-order valence-electron chi connectivity index (χ1n) is 8.43. The molecule has 0 spiro atoms. The van der Waals surface area contributed by atoms with Crippen LogP contribution >= 0.6 is 0 Å². The highest BCUT2D eigenvalue weighted by molar-refractivity contribution is 5.86. The van der Waals surface area contributed by atoms with Crippen molar-refractivity contribution in [3.63, 3.8) is 0 Å². The van der Waals surface area contributed by atoms with Gasteiger partial charge in [-0.3, -0.25) is 9.20 Å². The van der Waals surface area contributed by atoms with Gasteiger partial charge in [-0.15, -0.1) is 10.2 Å². The summed E-state index contributed by atoms with van der Waals surface area (Å²) in [5, 5.41) is 14.1. The van der Waals surface area contributed by atoms with E-state index in [1.54, 1.807) is 16.5 Å². The van der Waals surface area contributed by atoms with E-state index in [0.29, 0.717) is 41.4 Å². The van der Waals surface area contributed by atoms with Crippen LogP contribution in [0.5, 0.6) is 11.5 Å². The summed E-state index contributed by atoms with van der Waals surface area (Å²) in [7, 11) is 1.43. The minimum atomic E-state index is -3.01. The van der Waals surface area contributed by atoms with Crippen LogP contribution in [0.2, 0.25) is 0 Å². The molecule has 1 aliphatic heterocycles. The highest BCUT2D eigenvalue weighted by atomic mass is 19.3. The molecule has 0 radical (unpaired) electrons. The number of hydrogen-bond donors (Lipinski definition) is 2. The Kier molecular flexibility index (Phi) is 4.63. The molecule has 1 saturated heterocycles. The zero-order chi connectivity index (χ0) is 19.7. The molecule has 1 aromatic carbocycles. The molecule has 2 N–H and O–H groups in total. The molecule has 4 rings (SSSR count). The number of carbonyl (C=O) groups is 1. The Hall–Kier alpha value is -3.50. The molecular formula is C17H16F2N6O3. The summed E-state index contributed by atoms with van der Waals surface area (Å²) in [5.74, 6) is 0.468. The van der Waals surface area contributed by atoms with E-state index >= 15 is 0 Å². The number of carbonyl (C=O) groups excluding carboxylic acids is 1. The van der Waals surface area contributed by atoms with Crippen molar-refractivity contribution in [2.45, 2.75) is 19.1 Å². The van der Waals surface area contributed by atoms with Gasteiger partial charge in [0, 0.05) is 18.2 Å². The van der Waals surface area contributed by atoms with Crippen LogP contribution in [0.1, 0.15) is 6.42 Å². The number of amides is 1. The highest BCUT2D eigenvalue weighted by Gasteiger charge is 2.26. The van der Waals surface area contributed by atoms with Crippen molar-refractivity contribution in [3.05, 3.63) is 30.7 Å². The molecule has 28 heavy (non-hydrogen) atoms. The molecule has 0 bridgehead atoms. The molecule has 2 aromatic heterocycles. The Labute approximate surface area is 157 Å². The molecule has 146 valence electrons. The van der Waals surface area contributed by atoms with E-state index in [4.69, 9.17) is 4.74 Å². The number of fused-ring (bicyclic) bond motifs is 1. The predicted molar refractivity (Wildman–Crippen MR) is 94.4 cm³/mol. The summed E-state index contributed by atoms with van der Waals surface area (Å²) in [6.45, 7) is -2.43. The van der Waals surface area contributed by atoms with Gasteiger partial charge in [0.05, 0.1) is 18.8 Å². The van der Waals surface area contributed by atoms with E-state index in [-0.39, 0.29) is 11.7 Å². The summed E-state index contributed by atoms with van der Waals surface area (Å²) in [6, 6.07) is 4.09. The van der Waals surface area contributed by atoms with Gasteiger partial charge in [-0.2, -0.15) is 8.78 Å². The van der Waals surface area contributed by atoms with Crippen LogP contribution in [-0.4, -0.2) is 51.8 Å². The number of rotatable bonds is 6. The van der Waals surface area contributed by atoms with Crippen molar-refractivity contribution in [1.82, 2.24) is 24.9 Å². The lowest BCUT2D eigenvalue weighted by Crippen LogP contribution is -2.30.